The second kappa shape index (κ2) is 5.07. The Morgan fingerprint density at radius 2 is 2.00 bits per heavy atom. The van der Waals surface area contributed by atoms with Crippen molar-refractivity contribution in [3.63, 3.8) is 0 Å². The van der Waals surface area contributed by atoms with E-state index in [0.29, 0.717) is 6.61 Å². The first-order valence-corrected chi connectivity index (χ1v) is 4.62. The van der Waals surface area contributed by atoms with Crippen molar-refractivity contribution in [1.82, 2.24) is 0 Å². The van der Waals surface area contributed by atoms with Crippen molar-refractivity contribution in [3.05, 3.63) is 23.8 Å². The lowest BCUT2D eigenvalue weighted by Gasteiger charge is -2.14. The Kier molecular flexibility index (Phi) is 4.00. The van der Waals surface area contributed by atoms with Crippen molar-refractivity contribution in [2.24, 2.45) is 0 Å². The number of halogens is 3. The molecule has 6 heteroatoms. The summed E-state index contributed by atoms with van der Waals surface area (Å²) in [6, 6.07) is 3.36. The summed E-state index contributed by atoms with van der Waals surface area (Å²) in [6.07, 6.45) is -4.49. The third-order valence-corrected chi connectivity index (χ3v) is 1.81. The topological polar surface area (TPSA) is 44.5 Å². The van der Waals surface area contributed by atoms with Gasteiger partial charge in [-0.05, 0) is 25.1 Å². The van der Waals surface area contributed by atoms with E-state index >= 15 is 0 Å². The van der Waals surface area contributed by atoms with E-state index in [1.807, 2.05) is 0 Å². The van der Waals surface area contributed by atoms with E-state index in [9.17, 15) is 13.2 Å². The molecule has 0 aromatic heterocycles. The van der Waals surface area contributed by atoms with Crippen molar-refractivity contribution in [3.8, 4) is 5.75 Å². The molecule has 0 saturated heterocycles. The van der Waals surface area contributed by atoms with Gasteiger partial charge in [-0.3, -0.25) is 0 Å². The van der Waals surface area contributed by atoms with E-state index in [4.69, 9.17) is 15.2 Å². The summed E-state index contributed by atoms with van der Waals surface area (Å²) in [5, 5.41) is 0. The lowest BCUT2D eigenvalue weighted by atomic mass is 10.1. The summed E-state index contributed by atoms with van der Waals surface area (Å²) in [6.45, 7) is 1.87. The summed E-state index contributed by atoms with van der Waals surface area (Å²) in [4.78, 5) is 0. The van der Waals surface area contributed by atoms with Gasteiger partial charge in [0.25, 0.3) is 0 Å². The molecular weight excluding hydrogens is 223 g/mol. The largest absolute Gasteiger partial charge is 0.467 e. The lowest BCUT2D eigenvalue weighted by Crippen LogP contribution is -2.11. The van der Waals surface area contributed by atoms with Gasteiger partial charge >= 0.3 is 6.18 Å². The summed E-state index contributed by atoms with van der Waals surface area (Å²) in [5.74, 6) is -0.282. The van der Waals surface area contributed by atoms with Gasteiger partial charge in [-0.15, -0.1) is 0 Å². The Labute approximate surface area is 91.0 Å². The Balaban J connectivity index is 2.90. The number of ether oxygens (including phenoxy) is 2. The minimum Gasteiger partial charge on any atom is -0.467 e. The molecule has 0 atom stereocenters. The highest BCUT2D eigenvalue weighted by atomic mass is 19.4. The zero-order valence-electron chi connectivity index (χ0n) is 8.67. The molecule has 0 fully saturated rings. The van der Waals surface area contributed by atoms with Crippen LogP contribution in [0, 0.1) is 0 Å². The van der Waals surface area contributed by atoms with Crippen LogP contribution in [0.1, 0.15) is 12.5 Å². The smallest absolute Gasteiger partial charge is 0.420 e. The monoisotopic (exact) mass is 235 g/mol. The first kappa shape index (κ1) is 12.6. The Morgan fingerprint density at radius 1 is 1.31 bits per heavy atom. The Morgan fingerprint density at radius 3 is 2.56 bits per heavy atom. The molecule has 0 aliphatic rings. The first-order chi connectivity index (χ1) is 7.45. The normalized spacial score (nSPS) is 11.5. The standard InChI is InChI=1S/C10H12F3NO2/c1-2-15-6-16-9-4-3-7(14)5-8(9)10(11,12)13/h3-5H,2,6,14H2,1H3. The van der Waals surface area contributed by atoms with Gasteiger partial charge in [-0.2, -0.15) is 13.2 Å². The van der Waals surface area contributed by atoms with Crippen molar-refractivity contribution < 1.29 is 22.6 Å². The number of benzene rings is 1. The van der Waals surface area contributed by atoms with Crippen molar-refractivity contribution in [2.45, 2.75) is 13.1 Å². The second-order valence-electron chi connectivity index (χ2n) is 3.01. The summed E-state index contributed by atoms with van der Waals surface area (Å²) < 4.78 is 47.4. The molecule has 1 aromatic carbocycles. The van der Waals surface area contributed by atoms with Crippen LogP contribution in [0.2, 0.25) is 0 Å². The second-order valence-corrected chi connectivity index (χ2v) is 3.01. The van der Waals surface area contributed by atoms with Crippen LogP contribution < -0.4 is 10.5 Å². The number of rotatable bonds is 4. The summed E-state index contributed by atoms with van der Waals surface area (Å²) in [7, 11) is 0. The van der Waals surface area contributed by atoms with Crippen LogP contribution in [0.3, 0.4) is 0 Å². The van der Waals surface area contributed by atoms with E-state index in [0.717, 1.165) is 6.07 Å². The zero-order chi connectivity index (χ0) is 12.2. The van der Waals surface area contributed by atoms with Crippen LogP contribution in [0.4, 0.5) is 18.9 Å². The van der Waals surface area contributed by atoms with Crippen LogP contribution in [-0.2, 0) is 10.9 Å². The van der Waals surface area contributed by atoms with Crippen molar-refractivity contribution >= 4 is 5.69 Å². The van der Waals surface area contributed by atoms with E-state index in [1.54, 1.807) is 6.92 Å². The molecule has 0 heterocycles. The molecule has 90 valence electrons. The van der Waals surface area contributed by atoms with Crippen LogP contribution in [0.25, 0.3) is 0 Å². The van der Waals surface area contributed by atoms with Gasteiger partial charge < -0.3 is 15.2 Å². The van der Waals surface area contributed by atoms with Gasteiger partial charge in [0.05, 0.1) is 5.56 Å². The van der Waals surface area contributed by atoms with E-state index in [2.05, 4.69) is 0 Å². The molecule has 0 bridgehead atoms. The molecule has 1 aromatic rings. The zero-order valence-corrected chi connectivity index (χ0v) is 8.67. The number of hydrogen-bond donors (Lipinski definition) is 1. The molecule has 0 amide bonds. The number of hydrogen-bond acceptors (Lipinski definition) is 3. The van der Waals surface area contributed by atoms with Crippen LogP contribution >= 0.6 is 0 Å². The minimum absolute atomic E-state index is 0.0380. The van der Waals surface area contributed by atoms with Gasteiger partial charge in [0.2, 0.25) is 0 Å². The number of nitrogens with two attached hydrogens (primary N) is 1. The molecule has 0 spiro atoms. The molecule has 0 radical (unpaired) electrons. The maximum Gasteiger partial charge on any atom is 0.420 e. The SMILES string of the molecule is CCOCOc1ccc(N)cc1C(F)(F)F. The average Bonchev–Trinajstić information content (AvgIpc) is 2.19. The fourth-order valence-corrected chi connectivity index (χ4v) is 1.08. The molecule has 1 rings (SSSR count). The molecule has 0 saturated carbocycles. The van der Waals surface area contributed by atoms with Gasteiger partial charge in [0.1, 0.15) is 5.75 Å². The fraction of sp³-hybridized carbons (Fsp3) is 0.400. The Hall–Kier alpha value is -1.43. The van der Waals surface area contributed by atoms with Crippen LogP contribution in [-0.4, -0.2) is 13.4 Å². The highest BCUT2D eigenvalue weighted by Crippen LogP contribution is 2.37. The highest BCUT2D eigenvalue weighted by Gasteiger charge is 2.34. The average molecular weight is 235 g/mol. The quantitative estimate of drug-likeness (QED) is 0.495. The molecule has 0 aliphatic carbocycles. The van der Waals surface area contributed by atoms with Crippen molar-refractivity contribution in [1.29, 1.82) is 0 Å². The maximum atomic E-state index is 12.6. The van der Waals surface area contributed by atoms with E-state index in [-0.39, 0.29) is 18.2 Å². The predicted molar refractivity (Wildman–Crippen MR) is 53.0 cm³/mol. The maximum absolute atomic E-state index is 12.6. The molecule has 2 N–H and O–H groups in total. The summed E-state index contributed by atoms with van der Waals surface area (Å²) >= 11 is 0. The van der Waals surface area contributed by atoms with Gasteiger partial charge in [0.15, 0.2) is 6.79 Å². The molecular formula is C10H12F3NO2. The lowest BCUT2D eigenvalue weighted by molar-refractivity contribution is -0.139. The van der Waals surface area contributed by atoms with E-state index < -0.39 is 11.7 Å². The van der Waals surface area contributed by atoms with Crippen LogP contribution in [0.15, 0.2) is 18.2 Å². The number of nitrogen functional groups attached to an aromatic ring is 1. The van der Waals surface area contributed by atoms with Gasteiger partial charge in [0, 0.05) is 12.3 Å². The third-order valence-electron chi connectivity index (χ3n) is 1.81. The summed E-state index contributed by atoms with van der Waals surface area (Å²) in [5.41, 5.74) is 4.43. The van der Waals surface area contributed by atoms with Crippen LogP contribution in [0.5, 0.6) is 5.75 Å². The van der Waals surface area contributed by atoms with Gasteiger partial charge in [-0.25, -0.2) is 0 Å². The fourth-order valence-electron chi connectivity index (χ4n) is 1.08. The Bertz CT molecular complexity index is 352. The molecule has 0 aliphatic heterocycles. The number of anilines is 1. The van der Waals surface area contributed by atoms with E-state index in [1.165, 1.54) is 12.1 Å². The molecule has 3 nitrogen and oxygen atoms in total. The minimum atomic E-state index is -4.49. The third kappa shape index (κ3) is 3.30. The molecule has 16 heavy (non-hydrogen) atoms. The number of alkyl halides is 3. The first-order valence-electron chi connectivity index (χ1n) is 4.62. The van der Waals surface area contributed by atoms with Crippen molar-refractivity contribution in [2.75, 3.05) is 19.1 Å². The highest BCUT2D eigenvalue weighted by molar-refractivity contribution is 5.49. The molecule has 0 unspecified atom stereocenters. The van der Waals surface area contributed by atoms with Gasteiger partial charge in [-0.1, -0.05) is 0 Å². The predicted octanol–water partition coefficient (Wildman–Crippen LogP) is 2.66.